The monoisotopic (exact) mass is 302 g/mol. The maximum absolute atomic E-state index is 13.8. The molecule has 0 aliphatic rings. The van der Waals surface area contributed by atoms with Gasteiger partial charge in [0.2, 0.25) is 0 Å². The van der Waals surface area contributed by atoms with E-state index in [1.165, 1.54) is 6.92 Å². The molecule has 0 radical (unpaired) electrons. The van der Waals surface area contributed by atoms with E-state index in [1.807, 2.05) is 0 Å². The van der Waals surface area contributed by atoms with Crippen LogP contribution in [0.15, 0.2) is 22.7 Å². The van der Waals surface area contributed by atoms with Gasteiger partial charge in [-0.15, -0.1) is 0 Å². The van der Waals surface area contributed by atoms with Crippen molar-refractivity contribution in [3.8, 4) is 11.1 Å². The largest absolute Gasteiger partial charge is 0.380 e. The molecule has 0 fully saturated rings. The van der Waals surface area contributed by atoms with Gasteiger partial charge in [-0.25, -0.2) is 17.2 Å². The maximum Gasteiger partial charge on any atom is 0.175 e. The summed E-state index contributed by atoms with van der Waals surface area (Å²) >= 11 is 0. The van der Waals surface area contributed by atoms with Gasteiger partial charge in [0.05, 0.1) is 5.56 Å². The molecule has 0 saturated heterocycles. The molecule has 0 bridgehead atoms. The van der Waals surface area contributed by atoms with Crippen LogP contribution in [-0.2, 0) is 9.84 Å². The third-order valence-corrected chi connectivity index (χ3v) is 4.46. The first-order valence-electron chi connectivity index (χ1n) is 5.61. The lowest BCUT2D eigenvalue weighted by Crippen LogP contribution is -2.08. The summed E-state index contributed by atoms with van der Waals surface area (Å²) in [6, 6.07) is 2.88. The molecule has 8 heteroatoms. The first kappa shape index (κ1) is 14.4. The van der Waals surface area contributed by atoms with E-state index in [4.69, 9.17) is 10.3 Å². The lowest BCUT2D eigenvalue weighted by molar-refractivity contribution is 0.385. The smallest absolute Gasteiger partial charge is 0.175 e. The Morgan fingerprint density at radius 3 is 2.55 bits per heavy atom. The van der Waals surface area contributed by atoms with E-state index in [0.29, 0.717) is 6.07 Å². The molecule has 2 rings (SSSR count). The van der Waals surface area contributed by atoms with Crippen molar-refractivity contribution in [1.82, 2.24) is 5.16 Å². The average molecular weight is 302 g/mol. The van der Waals surface area contributed by atoms with Crippen molar-refractivity contribution in [2.45, 2.75) is 12.2 Å². The summed E-state index contributed by atoms with van der Waals surface area (Å²) in [4.78, 5) is 0. The van der Waals surface area contributed by atoms with Crippen LogP contribution in [0.1, 0.15) is 17.9 Å². The van der Waals surface area contributed by atoms with Crippen LogP contribution >= 0.6 is 0 Å². The number of nitrogens with two attached hydrogens (primary N) is 1. The fraction of sp³-hybridized carbons (Fsp3) is 0.250. The summed E-state index contributed by atoms with van der Waals surface area (Å²) in [6.45, 7) is 1.38. The number of anilines is 1. The number of rotatable bonds is 3. The first-order valence-corrected chi connectivity index (χ1v) is 7.56. The summed E-state index contributed by atoms with van der Waals surface area (Å²) in [7, 11) is -3.48. The van der Waals surface area contributed by atoms with Crippen LogP contribution in [0, 0.1) is 11.6 Å². The molecule has 2 N–H and O–H groups in total. The van der Waals surface area contributed by atoms with Crippen LogP contribution in [0.25, 0.3) is 11.1 Å². The van der Waals surface area contributed by atoms with Gasteiger partial charge >= 0.3 is 0 Å². The Bertz CT molecular complexity index is 756. The number of nitrogens with zero attached hydrogens (tertiary/aromatic N) is 1. The van der Waals surface area contributed by atoms with Gasteiger partial charge in [-0.05, 0) is 19.1 Å². The summed E-state index contributed by atoms with van der Waals surface area (Å²) in [5.41, 5.74) is 5.57. The summed E-state index contributed by atoms with van der Waals surface area (Å²) in [5, 5.41) is 2.42. The van der Waals surface area contributed by atoms with E-state index in [9.17, 15) is 17.2 Å². The Hall–Kier alpha value is -1.96. The van der Waals surface area contributed by atoms with Gasteiger partial charge < -0.3 is 10.3 Å². The molecule has 1 aromatic heterocycles. The van der Waals surface area contributed by atoms with Gasteiger partial charge in [-0.1, -0.05) is 5.16 Å². The van der Waals surface area contributed by atoms with Gasteiger partial charge in [-0.3, -0.25) is 0 Å². The lowest BCUT2D eigenvalue weighted by atomic mass is 10.0. The Balaban J connectivity index is 2.66. The Kier molecular flexibility index (Phi) is 3.51. The highest BCUT2D eigenvalue weighted by Crippen LogP contribution is 2.37. The fourth-order valence-corrected chi connectivity index (χ4v) is 2.30. The standard InChI is InChI=1S/C12H12F2N2O3S/c1-6(20(2,17)18)11-10(12(15)16-19-11)8-4-3-7(13)5-9(8)14/h3-6H,1-2H3,(H2,15,16). The lowest BCUT2D eigenvalue weighted by Gasteiger charge is -2.09. The minimum absolute atomic E-state index is 0.0282. The third kappa shape index (κ3) is 2.51. The number of benzene rings is 1. The second-order valence-corrected chi connectivity index (χ2v) is 6.77. The topological polar surface area (TPSA) is 86.2 Å². The molecular weight excluding hydrogens is 290 g/mol. The third-order valence-electron chi connectivity index (χ3n) is 2.96. The highest BCUT2D eigenvalue weighted by molar-refractivity contribution is 7.90. The zero-order valence-corrected chi connectivity index (χ0v) is 11.5. The van der Waals surface area contributed by atoms with Crippen molar-refractivity contribution in [3.63, 3.8) is 0 Å². The van der Waals surface area contributed by atoms with E-state index in [1.54, 1.807) is 0 Å². The SMILES string of the molecule is CC(c1onc(N)c1-c1ccc(F)cc1F)S(C)(=O)=O. The molecule has 0 aliphatic carbocycles. The van der Waals surface area contributed by atoms with Crippen LogP contribution in [0.3, 0.4) is 0 Å². The number of halogens is 2. The highest BCUT2D eigenvalue weighted by atomic mass is 32.2. The number of hydrogen-bond acceptors (Lipinski definition) is 5. The fourth-order valence-electron chi connectivity index (χ4n) is 1.75. The molecule has 0 amide bonds. The molecule has 20 heavy (non-hydrogen) atoms. The van der Waals surface area contributed by atoms with Gasteiger partial charge in [-0.2, -0.15) is 0 Å². The number of aromatic nitrogens is 1. The van der Waals surface area contributed by atoms with E-state index in [-0.39, 0.29) is 22.7 Å². The van der Waals surface area contributed by atoms with E-state index >= 15 is 0 Å². The van der Waals surface area contributed by atoms with Crippen LogP contribution in [-0.4, -0.2) is 19.8 Å². The number of sulfone groups is 1. The average Bonchev–Trinajstić information content (AvgIpc) is 2.69. The van der Waals surface area contributed by atoms with Crippen LogP contribution < -0.4 is 5.73 Å². The second kappa shape index (κ2) is 4.86. The Morgan fingerprint density at radius 1 is 1.35 bits per heavy atom. The van der Waals surface area contributed by atoms with E-state index < -0.39 is 26.7 Å². The minimum atomic E-state index is -3.48. The number of hydrogen-bond donors (Lipinski definition) is 1. The zero-order valence-electron chi connectivity index (χ0n) is 10.7. The molecule has 1 atom stereocenters. The molecule has 1 aromatic carbocycles. The molecule has 0 saturated carbocycles. The quantitative estimate of drug-likeness (QED) is 0.940. The molecule has 2 aromatic rings. The van der Waals surface area contributed by atoms with Crippen molar-refractivity contribution in [1.29, 1.82) is 0 Å². The number of nitrogen functional groups attached to an aromatic ring is 1. The van der Waals surface area contributed by atoms with Crippen molar-refractivity contribution in [3.05, 3.63) is 35.6 Å². The van der Waals surface area contributed by atoms with Crippen LogP contribution in [0.5, 0.6) is 0 Å². The predicted octanol–water partition coefficient (Wildman–Crippen LogP) is 2.31. The highest BCUT2D eigenvalue weighted by Gasteiger charge is 2.29. The predicted molar refractivity (Wildman–Crippen MR) is 69.5 cm³/mol. The Labute approximate surface area is 114 Å². The van der Waals surface area contributed by atoms with Gasteiger partial charge in [0.25, 0.3) is 0 Å². The van der Waals surface area contributed by atoms with Crippen molar-refractivity contribution in [2.75, 3.05) is 12.0 Å². The normalized spacial score (nSPS) is 13.4. The molecule has 1 unspecified atom stereocenters. The van der Waals surface area contributed by atoms with Crippen LogP contribution in [0.4, 0.5) is 14.6 Å². The van der Waals surface area contributed by atoms with E-state index in [2.05, 4.69) is 5.16 Å². The van der Waals surface area contributed by atoms with Gasteiger partial charge in [0.1, 0.15) is 16.9 Å². The van der Waals surface area contributed by atoms with Gasteiger partial charge in [0.15, 0.2) is 21.4 Å². The maximum atomic E-state index is 13.8. The van der Waals surface area contributed by atoms with Crippen molar-refractivity contribution in [2.24, 2.45) is 0 Å². The van der Waals surface area contributed by atoms with Gasteiger partial charge in [0, 0.05) is 17.9 Å². The molecule has 5 nitrogen and oxygen atoms in total. The molecule has 0 aliphatic heterocycles. The molecular formula is C12H12F2N2O3S. The molecule has 0 spiro atoms. The van der Waals surface area contributed by atoms with E-state index in [0.717, 1.165) is 18.4 Å². The zero-order chi connectivity index (χ0) is 15.1. The first-order chi connectivity index (χ1) is 9.21. The van der Waals surface area contributed by atoms with Crippen molar-refractivity contribution >= 4 is 15.7 Å². The summed E-state index contributed by atoms with van der Waals surface area (Å²) < 4.78 is 54.8. The summed E-state index contributed by atoms with van der Waals surface area (Å²) in [5.74, 6) is -1.85. The Morgan fingerprint density at radius 2 is 2.00 bits per heavy atom. The second-order valence-electron chi connectivity index (χ2n) is 4.40. The van der Waals surface area contributed by atoms with Crippen molar-refractivity contribution < 1.29 is 21.7 Å². The molecule has 108 valence electrons. The summed E-state index contributed by atoms with van der Waals surface area (Å²) in [6.07, 6.45) is 1.02. The minimum Gasteiger partial charge on any atom is -0.380 e. The molecule has 1 heterocycles. The van der Waals surface area contributed by atoms with Crippen LogP contribution in [0.2, 0.25) is 0 Å².